The Labute approximate surface area is 82.6 Å². The van der Waals surface area contributed by atoms with Crippen LogP contribution in [0.1, 0.15) is 31.4 Å². The van der Waals surface area contributed by atoms with Crippen molar-refractivity contribution in [3.05, 3.63) is 16.6 Å². The summed E-state index contributed by atoms with van der Waals surface area (Å²) in [6.45, 7) is 2.38. The highest BCUT2D eigenvalue weighted by molar-refractivity contribution is 7.07. The van der Waals surface area contributed by atoms with Crippen molar-refractivity contribution < 1.29 is 0 Å². The highest BCUT2D eigenvalue weighted by Gasteiger charge is 2.48. The van der Waals surface area contributed by atoms with Crippen molar-refractivity contribution in [2.24, 2.45) is 0 Å². The standard InChI is InChI=1S/C10H14N2S/c1-2-10(3-1)4-5-12(10)6-9-7-13-8-11-9/h7-8H,1-6H2. The molecule has 0 atom stereocenters. The molecule has 2 aliphatic rings. The number of nitrogens with zero attached hydrogens (tertiary/aromatic N) is 2. The second-order valence-electron chi connectivity index (χ2n) is 4.23. The molecule has 2 heterocycles. The molecule has 70 valence electrons. The van der Waals surface area contributed by atoms with Gasteiger partial charge in [0.2, 0.25) is 0 Å². The molecule has 1 aliphatic carbocycles. The van der Waals surface area contributed by atoms with E-state index in [0.29, 0.717) is 5.54 Å². The first kappa shape index (κ1) is 7.94. The molecule has 3 rings (SSSR count). The van der Waals surface area contributed by atoms with Crippen molar-refractivity contribution >= 4 is 11.3 Å². The molecule has 1 spiro atoms. The van der Waals surface area contributed by atoms with E-state index in [1.54, 1.807) is 11.3 Å². The van der Waals surface area contributed by atoms with Crippen molar-refractivity contribution in [3.8, 4) is 0 Å². The molecule has 3 heteroatoms. The van der Waals surface area contributed by atoms with Gasteiger partial charge in [-0.15, -0.1) is 11.3 Å². The number of likely N-dealkylation sites (tertiary alicyclic amines) is 1. The van der Waals surface area contributed by atoms with Gasteiger partial charge in [0.1, 0.15) is 0 Å². The molecule has 0 unspecified atom stereocenters. The fourth-order valence-electron chi connectivity index (χ4n) is 2.50. The van der Waals surface area contributed by atoms with Gasteiger partial charge in [-0.2, -0.15) is 0 Å². The predicted molar refractivity (Wildman–Crippen MR) is 53.7 cm³/mol. The summed E-state index contributed by atoms with van der Waals surface area (Å²) in [7, 11) is 0. The Morgan fingerprint density at radius 1 is 1.46 bits per heavy atom. The average molecular weight is 194 g/mol. The molecule has 0 radical (unpaired) electrons. The van der Waals surface area contributed by atoms with Crippen LogP contribution in [0.5, 0.6) is 0 Å². The van der Waals surface area contributed by atoms with Crippen molar-refractivity contribution in [1.29, 1.82) is 0 Å². The maximum Gasteiger partial charge on any atom is 0.0795 e. The third-order valence-electron chi connectivity index (χ3n) is 3.64. The lowest BCUT2D eigenvalue weighted by molar-refractivity contribution is -0.0795. The van der Waals surface area contributed by atoms with E-state index in [1.807, 2.05) is 5.51 Å². The van der Waals surface area contributed by atoms with Crippen LogP contribution in [0.4, 0.5) is 0 Å². The van der Waals surface area contributed by atoms with Crippen LogP contribution in [0, 0.1) is 0 Å². The highest BCUT2D eigenvalue weighted by Crippen LogP contribution is 2.47. The maximum absolute atomic E-state index is 4.34. The zero-order valence-corrected chi connectivity index (χ0v) is 8.52. The van der Waals surface area contributed by atoms with Crippen molar-refractivity contribution in [2.45, 2.75) is 37.8 Å². The third-order valence-corrected chi connectivity index (χ3v) is 4.27. The monoisotopic (exact) mass is 194 g/mol. The number of aromatic nitrogens is 1. The normalized spacial score (nSPS) is 25.5. The van der Waals surface area contributed by atoms with Gasteiger partial charge >= 0.3 is 0 Å². The maximum atomic E-state index is 4.34. The van der Waals surface area contributed by atoms with Gasteiger partial charge in [-0.3, -0.25) is 4.90 Å². The fourth-order valence-corrected chi connectivity index (χ4v) is 3.04. The Balaban J connectivity index is 1.67. The molecule has 1 aromatic rings. The van der Waals surface area contributed by atoms with Gasteiger partial charge in [-0.05, 0) is 25.7 Å². The molecule has 13 heavy (non-hydrogen) atoms. The van der Waals surface area contributed by atoms with Crippen LogP contribution >= 0.6 is 11.3 Å². The van der Waals surface area contributed by atoms with Crippen molar-refractivity contribution in [2.75, 3.05) is 6.54 Å². The van der Waals surface area contributed by atoms with Crippen molar-refractivity contribution in [3.63, 3.8) is 0 Å². The molecule has 1 saturated heterocycles. The number of rotatable bonds is 2. The Morgan fingerprint density at radius 3 is 2.85 bits per heavy atom. The van der Waals surface area contributed by atoms with Crippen LogP contribution in [-0.2, 0) is 6.54 Å². The molecule has 0 aromatic carbocycles. The minimum atomic E-state index is 0.629. The van der Waals surface area contributed by atoms with Crippen LogP contribution in [0.2, 0.25) is 0 Å². The summed E-state index contributed by atoms with van der Waals surface area (Å²) in [4.78, 5) is 6.96. The summed E-state index contributed by atoms with van der Waals surface area (Å²) in [5.41, 5.74) is 3.82. The van der Waals surface area contributed by atoms with Crippen LogP contribution in [0.3, 0.4) is 0 Å². The average Bonchev–Trinajstić information content (AvgIpc) is 2.47. The molecule has 0 N–H and O–H groups in total. The first-order chi connectivity index (χ1) is 6.39. The largest absolute Gasteiger partial charge is 0.292 e. The molecule has 2 fully saturated rings. The lowest BCUT2D eigenvalue weighted by Crippen LogP contribution is -2.63. The minimum absolute atomic E-state index is 0.629. The van der Waals surface area contributed by atoms with E-state index in [1.165, 1.54) is 37.9 Å². The van der Waals surface area contributed by atoms with Gasteiger partial charge in [0.05, 0.1) is 11.2 Å². The zero-order valence-electron chi connectivity index (χ0n) is 7.70. The van der Waals surface area contributed by atoms with E-state index in [9.17, 15) is 0 Å². The first-order valence-electron chi connectivity index (χ1n) is 5.01. The van der Waals surface area contributed by atoms with E-state index in [4.69, 9.17) is 0 Å². The summed E-state index contributed by atoms with van der Waals surface area (Å²) in [5.74, 6) is 0. The minimum Gasteiger partial charge on any atom is -0.292 e. The van der Waals surface area contributed by atoms with E-state index in [0.717, 1.165) is 6.54 Å². The van der Waals surface area contributed by atoms with E-state index in [2.05, 4.69) is 15.3 Å². The van der Waals surface area contributed by atoms with E-state index in [-0.39, 0.29) is 0 Å². The Kier molecular flexibility index (Phi) is 1.70. The lowest BCUT2D eigenvalue weighted by Gasteiger charge is -2.58. The number of hydrogen-bond donors (Lipinski definition) is 0. The molecule has 0 bridgehead atoms. The molecule has 1 saturated carbocycles. The molecule has 1 aromatic heterocycles. The van der Waals surface area contributed by atoms with E-state index >= 15 is 0 Å². The van der Waals surface area contributed by atoms with E-state index < -0.39 is 0 Å². The first-order valence-corrected chi connectivity index (χ1v) is 5.95. The summed E-state index contributed by atoms with van der Waals surface area (Å²) in [6.07, 6.45) is 5.72. The summed E-state index contributed by atoms with van der Waals surface area (Å²) >= 11 is 1.70. The van der Waals surface area contributed by atoms with Crippen LogP contribution in [-0.4, -0.2) is 22.0 Å². The summed E-state index contributed by atoms with van der Waals surface area (Å²) < 4.78 is 0. The quantitative estimate of drug-likeness (QED) is 0.718. The van der Waals surface area contributed by atoms with Crippen LogP contribution in [0.15, 0.2) is 10.9 Å². The Bertz CT molecular complexity index is 284. The lowest BCUT2D eigenvalue weighted by atomic mass is 9.68. The molecule has 1 aliphatic heterocycles. The second-order valence-corrected chi connectivity index (χ2v) is 4.95. The van der Waals surface area contributed by atoms with Crippen LogP contribution in [0.25, 0.3) is 0 Å². The van der Waals surface area contributed by atoms with Crippen LogP contribution < -0.4 is 0 Å². The van der Waals surface area contributed by atoms with Gasteiger partial charge < -0.3 is 0 Å². The third kappa shape index (κ3) is 1.14. The summed E-state index contributed by atoms with van der Waals surface area (Å²) in [6, 6.07) is 0. The zero-order chi connectivity index (χ0) is 8.73. The number of thiazole rings is 1. The molecule has 2 nitrogen and oxygen atoms in total. The highest BCUT2D eigenvalue weighted by atomic mass is 32.1. The SMILES string of the molecule is c1nc(CN2CCC23CCC3)cs1. The van der Waals surface area contributed by atoms with Gasteiger partial charge in [0.15, 0.2) is 0 Å². The smallest absolute Gasteiger partial charge is 0.0795 e. The second kappa shape index (κ2) is 2.79. The Morgan fingerprint density at radius 2 is 2.38 bits per heavy atom. The Hall–Kier alpha value is -0.410. The summed E-state index contributed by atoms with van der Waals surface area (Å²) in [5, 5.41) is 2.17. The van der Waals surface area contributed by atoms with Gasteiger partial charge in [-0.1, -0.05) is 0 Å². The van der Waals surface area contributed by atoms with Crippen molar-refractivity contribution in [1.82, 2.24) is 9.88 Å². The fraction of sp³-hybridized carbons (Fsp3) is 0.700. The topological polar surface area (TPSA) is 16.1 Å². The van der Waals surface area contributed by atoms with Gasteiger partial charge in [0, 0.05) is 24.0 Å². The number of hydrogen-bond acceptors (Lipinski definition) is 3. The van der Waals surface area contributed by atoms with Gasteiger partial charge in [0.25, 0.3) is 0 Å². The van der Waals surface area contributed by atoms with Gasteiger partial charge in [-0.25, -0.2) is 4.98 Å². The molecular formula is C10H14N2S. The predicted octanol–water partition coefficient (Wildman–Crippen LogP) is 2.27. The molecular weight excluding hydrogens is 180 g/mol. The molecule has 0 amide bonds.